The normalized spacial score (nSPS) is 12.8. The van der Waals surface area contributed by atoms with E-state index < -0.39 is 0 Å². The predicted molar refractivity (Wildman–Crippen MR) is 98.0 cm³/mol. The first-order valence-corrected chi connectivity index (χ1v) is 8.27. The van der Waals surface area contributed by atoms with Crippen molar-refractivity contribution in [2.24, 2.45) is 0 Å². The third-order valence-electron chi connectivity index (χ3n) is 4.31. The van der Waals surface area contributed by atoms with Crippen LogP contribution in [0.2, 0.25) is 0 Å². The maximum Gasteiger partial charge on any atom is 0.0971 e. The molecule has 0 aliphatic carbocycles. The van der Waals surface area contributed by atoms with Crippen LogP contribution in [0.5, 0.6) is 0 Å². The molecule has 2 aromatic heterocycles. The van der Waals surface area contributed by atoms with E-state index in [0.29, 0.717) is 0 Å². The molecule has 120 valence electrons. The van der Waals surface area contributed by atoms with E-state index >= 15 is 0 Å². The van der Waals surface area contributed by atoms with Crippen LogP contribution >= 0.6 is 0 Å². The van der Waals surface area contributed by atoms with E-state index in [-0.39, 0.29) is 10.8 Å². The van der Waals surface area contributed by atoms with Gasteiger partial charge in [-0.05, 0) is 28.5 Å². The number of rotatable bonds is 1. The molecule has 2 heterocycles. The summed E-state index contributed by atoms with van der Waals surface area (Å²) >= 11 is 0. The first-order valence-electron chi connectivity index (χ1n) is 8.27. The van der Waals surface area contributed by atoms with Crippen molar-refractivity contribution in [3.63, 3.8) is 0 Å². The number of pyridine rings is 1. The highest BCUT2D eigenvalue weighted by Crippen LogP contribution is 2.36. The van der Waals surface area contributed by atoms with Crippen LogP contribution in [-0.4, -0.2) is 9.61 Å². The van der Waals surface area contributed by atoms with Gasteiger partial charge in [0.1, 0.15) is 0 Å². The first-order chi connectivity index (χ1) is 10.7. The third kappa shape index (κ3) is 2.90. The molecular formula is C21H26N2. The lowest BCUT2D eigenvalue weighted by molar-refractivity contribution is 0.590. The largest absolute Gasteiger partial charge is 0.240 e. The lowest BCUT2D eigenvalue weighted by Crippen LogP contribution is -2.12. The molecule has 2 nitrogen and oxygen atoms in total. The van der Waals surface area contributed by atoms with Crippen molar-refractivity contribution in [1.29, 1.82) is 0 Å². The Balaban J connectivity index is 2.20. The molecule has 1 aromatic carbocycles. The number of aromatic nitrogens is 2. The zero-order valence-electron chi connectivity index (χ0n) is 15.0. The summed E-state index contributed by atoms with van der Waals surface area (Å²) < 4.78 is 1.99. The van der Waals surface area contributed by atoms with Crippen LogP contribution < -0.4 is 0 Å². The minimum absolute atomic E-state index is 0.0428. The van der Waals surface area contributed by atoms with E-state index in [2.05, 4.69) is 77.9 Å². The number of nitrogens with zero attached hydrogens (tertiary/aromatic N) is 2. The van der Waals surface area contributed by atoms with Crippen molar-refractivity contribution in [1.82, 2.24) is 9.61 Å². The van der Waals surface area contributed by atoms with Crippen LogP contribution in [0.15, 0.2) is 48.7 Å². The molecule has 0 N–H and O–H groups in total. The van der Waals surface area contributed by atoms with Gasteiger partial charge in [0.15, 0.2) is 0 Å². The number of fused-ring (bicyclic) bond motifs is 1. The summed E-state index contributed by atoms with van der Waals surface area (Å²) in [4.78, 5) is 0. The predicted octanol–water partition coefficient (Wildman–Crippen LogP) is 5.60. The number of hydrogen-bond donors (Lipinski definition) is 0. The first kappa shape index (κ1) is 15.8. The second-order valence-electron chi connectivity index (χ2n) is 8.33. The standard InChI is InChI=1S/C21H26N2/c1-20(2,3)16-12-10-15(11-13-16)19-18(21(4,5)6)17-9-7-8-14-23(17)22-19/h7-14H,1-6H3. The van der Waals surface area contributed by atoms with E-state index in [1.165, 1.54) is 22.2 Å². The SMILES string of the molecule is CC(C)(C)c1ccc(-c2nn3ccccc3c2C(C)(C)C)cc1. The summed E-state index contributed by atoms with van der Waals surface area (Å²) in [7, 11) is 0. The van der Waals surface area contributed by atoms with Gasteiger partial charge in [-0.3, -0.25) is 0 Å². The molecule has 0 aliphatic heterocycles. The molecule has 23 heavy (non-hydrogen) atoms. The molecule has 3 aromatic rings. The van der Waals surface area contributed by atoms with Crippen LogP contribution in [-0.2, 0) is 10.8 Å². The summed E-state index contributed by atoms with van der Waals surface area (Å²) in [6.45, 7) is 13.5. The molecule has 0 radical (unpaired) electrons. The number of benzene rings is 1. The summed E-state index contributed by atoms with van der Waals surface area (Å²) in [6.07, 6.45) is 2.03. The van der Waals surface area contributed by atoms with Crippen molar-refractivity contribution < 1.29 is 0 Å². The van der Waals surface area contributed by atoms with E-state index in [9.17, 15) is 0 Å². The summed E-state index contributed by atoms with van der Waals surface area (Å²) in [5, 5.41) is 4.86. The molecule has 0 atom stereocenters. The summed E-state index contributed by atoms with van der Waals surface area (Å²) in [5.41, 5.74) is 6.33. The van der Waals surface area contributed by atoms with E-state index in [1.54, 1.807) is 0 Å². The minimum Gasteiger partial charge on any atom is -0.240 e. The van der Waals surface area contributed by atoms with Crippen molar-refractivity contribution in [3.05, 3.63) is 59.8 Å². The van der Waals surface area contributed by atoms with E-state index in [4.69, 9.17) is 5.10 Å². The molecule has 0 saturated carbocycles. The van der Waals surface area contributed by atoms with Crippen LogP contribution in [0.25, 0.3) is 16.8 Å². The monoisotopic (exact) mass is 306 g/mol. The van der Waals surface area contributed by atoms with Gasteiger partial charge in [0.25, 0.3) is 0 Å². The van der Waals surface area contributed by atoms with E-state index in [0.717, 1.165) is 5.69 Å². The van der Waals surface area contributed by atoms with Gasteiger partial charge < -0.3 is 0 Å². The van der Waals surface area contributed by atoms with Crippen LogP contribution in [0.3, 0.4) is 0 Å². The van der Waals surface area contributed by atoms with E-state index in [1.807, 2.05) is 16.8 Å². The molecule has 0 saturated heterocycles. The highest BCUT2D eigenvalue weighted by molar-refractivity contribution is 5.74. The van der Waals surface area contributed by atoms with Gasteiger partial charge in [0.2, 0.25) is 0 Å². The van der Waals surface area contributed by atoms with Crippen molar-refractivity contribution in [2.45, 2.75) is 52.4 Å². The molecule has 0 aliphatic rings. The van der Waals surface area contributed by atoms with Crippen molar-refractivity contribution in [3.8, 4) is 11.3 Å². The lowest BCUT2D eigenvalue weighted by Gasteiger charge is -2.21. The third-order valence-corrected chi connectivity index (χ3v) is 4.31. The molecule has 0 unspecified atom stereocenters. The molecule has 2 heteroatoms. The Kier molecular flexibility index (Phi) is 3.59. The summed E-state index contributed by atoms with van der Waals surface area (Å²) in [6, 6.07) is 15.1. The van der Waals surface area contributed by atoms with Crippen molar-refractivity contribution in [2.75, 3.05) is 0 Å². The molecule has 0 bridgehead atoms. The summed E-state index contributed by atoms with van der Waals surface area (Å²) in [5.74, 6) is 0. The average Bonchev–Trinajstić information content (AvgIpc) is 2.86. The average molecular weight is 306 g/mol. The molecule has 3 rings (SSSR count). The minimum atomic E-state index is 0.0428. The maximum absolute atomic E-state index is 4.86. The van der Waals surface area contributed by atoms with Gasteiger partial charge in [-0.15, -0.1) is 0 Å². The van der Waals surface area contributed by atoms with Gasteiger partial charge in [-0.1, -0.05) is 71.9 Å². The highest BCUT2D eigenvalue weighted by Gasteiger charge is 2.25. The Morgan fingerprint density at radius 3 is 2.00 bits per heavy atom. The fourth-order valence-corrected chi connectivity index (χ4v) is 3.07. The van der Waals surface area contributed by atoms with Gasteiger partial charge in [-0.25, -0.2) is 4.52 Å². The van der Waals surface area contributed by atoms with Gasteiger partial charge in [0.05, 0.1) is 11.2 Å². The second-order valence-corrected chi connectivity index (χ2v) is 8.33. The van der Waals surface area contributed by atoms with Crippen LogP contribution in [0.1, 0.15) is 52.7 Å². The Hall–Kier alpha value is -2.09. The Morgan fingerprint density at radius 1 is 0.783 bits per heavy atom. The maximum atomic E-state index is 4.86. The lowest BCUT2D eigenvalue weighted by atomic mass is 9.83. The number of hydrogen-bond acceptors (Lipinski definition) is 1. The molecular weight excluding hydrogens is 280 g/mol. The van der Waals surface area contributed by atoms with Crippen molar-refractivity contribution >= 4 is 5.52 Å². The zero-order valence-corrected chi connectivity index (χ0v) is 15.0. The zero-order chi connectivity index (χ0) is 16.8. The Labute approximate surface area is 139 Å². The fraction of sp³-hybridized carbons (Fsp3) is 0.381. The van der Waals surface area contributed by atoms with Gasteiger partial charge in [-0.2, -0.15) is 5.10 Å². The molecule has 0 fully saturated rings. The topological polar surface area (TPSA) is 17.3 Å². The fourth-order valence-electron chi connectivity index (χ4n) is 3.07. The Morgan fingerprint density at radius 2 is 1.43 bits per heavy atom. The highest BCUT2D eigenvalue weighted by atomic mass is 15.2. The molecule has 0 amide bonds. The van der Waals surface area contributed by atoms with Gasteiger partial charge >= 0.3 is 0 Å². The Bertz CT molecular complexity index is 825. The van der Waals surface area contributed by atoms with Crippen LogP contribution in [0, 0.1) is 0 Å². The molecule has 0 spiro atoms. The second kappa shape index (κ2) is 5.23. The van der Waals surface area contributed by atoms with Gasteiger partial charge in [0, 0.05) is 17.3 Å². The smallest absolute Gasteiger partial charge is 0.0971 e. The van der Waals surface area contributed by atoms with Crippen LogP contribution in [0.4, 0.5) is 0 Å². The quantitative estimate of drug-likeness (QED) is 0.572.